The van der Waals surface area contributed by atoms with Gasteiger partial charge in [0.05, 0.1) is 31.1 Å². The zero-order valence-corrected chi connectivity index (χ0v) is 23.0. The maximum Gasteiger partial charge on any atom is 0.433 e. The molecule has 0 bridgehead atoms. The summed E-state index contributed by atoms with van der Waals surface area (Å²) in [6.07, 6.45) is -0.0952. The molecule has 2 aliphatic heterocycles. The maximum atomic E-state index is 13.5. The minimum Gasteiger partial charge on any atom is -0.389 e. The summed E-state index contributed by atoms with van der Waals surface area (Å²) in [5, 5.41) is 19.3. The van der Waals surface area contributed by atoms with E-state index in [-0.39, 0.29) is 22.9 Å². The molecule has 3 aliphatic rings. The number of likely N-dealkylation sites (tertiary alicyclic amines) is 1. The Bertz CT molecular complexity index is 1450. The molecule has 40 heavy (non-hydrogen) atoms. The normalized spacial score (nSPS) is 27.8. The average Bonchev–Trinajstić information content (AvgIpc) is 3.50. The van der Waals surface area contributed by atoms with Crippen LogP contribution in [-0.2, 0) is 22.8 Å². The third-order valence-corrected chi connectivity index (χ3v) is 9.22. The number of carbonyl (C=O) groups excluding carboxylic acids is 1. The van der Waals surface area contributed by atoms with E-state index in [4.69, 9.17) is 16.3 Å². The van der Waals surface area contributed by atoms with Crippen molar-refractivity contribution in [1.82, 2.24) is 19.7 Å². The zero-order chi connectivity index (χ0) is 28.4. The van der Waals surface area contributed by atoms with Crippen LogP contribution in [0.15, 0.2) is 30.6 Å². The van der Waals surface area contributed by atoms with Gasteiger partial charge in [-0.15, -0.1) is 0 Å². The Labute approximate surface area is 234 Å². The second-order valence-electron chi connectivity index (χ2n) is 11.4. The number of pyridine rings is 1. The van der Waals surface area contributed by atoms with Crippen LogP contribution in [0, 0.1) is 5.92 Å². The number of anilines is 1. The Morgan fingerprint density at radius 1 is 1.18 bits per heavy atom. The van der Waals surface area contributed by atoms with Gasteiger partial charge in [-0.25, -0.2) is 4.98 Å². The fourth-order valence-electron chi connectivity index (χ4n) is 6.34. The molecule has 8 nitrogen and oxygen atoms in total. The molecule has 4 atom stereocenters. The Morgan fingerprint density at radius 2 is 1.93 bits per heavy atom. The monoisotopic (exact) mass is 577 g/mol. The number of ether oxygens (including phenoxy) is 1. The van der Waals surface area contributed by atoms with E-state index < -0.39 is 29.8 Å². The number of halogens is 4. The molecule has 0 unspecified atom stereocenters. The molecule has 6 rings (SSSR count). The lowest BCUT2D eigenvalue weighted by Crippen LogP contribution is -2.56. The van der Waals surface area contributed by atoms with E-state index in [0.717, 1.165) is 46.9 Å². The number of aromatic nitrogens is 3. The molecular weight excluding hydrogens is 547 g/mol. The SMILES string of the molecule is Cn1ncc([C@@H]2C[C@H]2C(=O)Nc2cc3cc(C4CCN([C@]5(C)COC[C@@H]5O)CC4)c(Cl)cc3cn2)c1C(F)(F)F. The summed E-state index contributed by atoms with van der Waals surface area (Å²) in [5.41, 5.74) is -0.100. The highest BCUT2D eigenvalue weighted by molar-refractivity contribution is 6.32. The van der Waals surface area contributed by atoms with Crippen LogP contribution in [0.25, 0.3) is 10.8 Å². The van der Waals surface area contributed by atoms with E-state index >= 15 is 0 Å². The minimum atomic E-state index is -4.54. The van der Waals surface area contributed by atoms with Crippen LogP contribution in [0.5, 0.6) is 0 Å². The van der Waals surface area contributed by atoms with E-state index in [0.29, 0.717) is 30.5 Å². The van der Waals surface area contributed by atoms with Gasteiger partial charge in [-0.2, -0.15) is 18.3 Å². The lowest BCUT2D eigenvalue weighted by molar-refractivity contribution is -0.144. The van der Waals surface area contributed by atoms with Gasteiger partial charge < -0.3 is 15.2 Å². The van der Waals surface area contributed by atoms with Crippen molar-refractivity contribution in [2.75, 3.05) is 31.6 Å². The molecule has 2 N–H and O–H groups in total. The predicted octanol–water partition coefficient (Wildman–Crippen LogP) is 4.71. The standard InChI is InChI=1S/C28H31ClF3N5O3/c1-27(14-40-13-23(27)38)37-5-3-15(4-6-37)18-7-16-9-24(33-11-17(16)8-22(18)29)35-26(39)20-10-19(20)21-12-34-36(2)25(21)28(30,31)32/h7-9,11-12,15,19-20,23,38H,3-6,10,13-14H2,1-2H3,(H,33,35,39)/t19-,20-,23+,27-/m1/s1. The number of hydrogen-bond donors (Lipinski definition) is 2. The summed E-state index contributed by atoms with van der Waals surface area (Å²) in [4.78, 5) is 19.6. The summed E-state index contributed by atoms with van der Waals surface area (Å²) >= 11 is 6.69. The topological polar surface area (TPSA) is 92.5 Å². The summed E-state index contributed by atoms with van der Waals surface area (Å²) in [7, 11) is 1.25. The highest BCUT2D eigenvalue weighted by Gasteiger charge is 2.50. The van der Waals surface area contributed by atoms with Crippen molar-refractivity contribution >= 4 is 34.1 Å². The quantitative estimate of drug-likeness (QED) is 0.456. The number of rotatable bonds is 5. The van der Waals surface area contributed by atoms with Crippen molar-refractivity contribution in [3.63, 3.8) is 0 Å². The number of piperidine rings is 1. The van der Waals surface area contributed by atoms with E-state index in [1.54, 1.807) is 12.3 Å². The first kappa shape index (κ1) is 27.4. The molecule has 1 aromatic carbocycles. The van der Waals surface area contributed by atoms with E-state index in [1.807, 2.05) is 19.1 Å². The van der Waals surface area contributed by atoms with Gasteiger partial charge >= 0.3 is 6.18 Å². The number of carbonyl (C=O) groups is 1. The fraction of sp³-hybridized carbons (Fsp3) is 0.536. The second kappa shape index (κ2) is 9.97. The fourth-order valence-corrected chi connectivity index (χ4v) is 6.67. The van der Waals surface area contributed by atoms with Crippen molar-refractivity contribution < 1.29 is 27.8 Å². The molecule has 1 aliphatic carbocycles. The van der Waals surface area contributed by atoms with E-state index in [9.17, 15) is 23.1 Å². The van der Waals surface area contributed by atoms with Crippen molar-refractivity contribution in [2.45, 2.75) is 55.8 Å². The molecule has 0 spiro atoms. The zero-order valence-electron chi connectivity index (χ0n) is 22.2. The van der Waals surface area contributed by atoms with Gasteiger partial charge in [0.2, 0.25) is 5.91 Å². The highest BCUT2D eigenvalue weighted by atomic mass is 35.5. The Balaban J connectivity index is 1.15. The van der Waals surface area contributed by atoms with Gasteiger partial charge in [0.25, 0.3) is 0 Å². The number of aliphatic hydroxyl groups is 1. The molecule has 3 fully saturated rings. The average molecular weight is 578 g/mol. The Kier molecular flexibility index (Phi) is 6.84. The van der Waals surface area contributed by atoms with Crippen LogP contribution in [0.4, 0.5) is 19.0 Å². The smallest absolute Gasteiger partial charge is 0.389 e. The summed E-state index contributed by atoms with van der Waals surface area (Å²) < 4.78 is 46.7. The van der Waals surface area contributed by atoms with Crippen molar-refractivity contribution in [3.05, 3.63) is 52.4 Å². The number of aryl methyl sites for hydroxylation is 1. The van der Waals surface area contributed by atoms with Gasteiger partial charge in [-0.1, -0.05) is 11.6 Å². The minimum absolute atomic E-state index is 0.0518. The van der Waals surface area contributed by atoms with Crippen LogP contribution in [0.3, 0.4) is 0 Å². The van der Waals surface area contributed by atoms with E-state index in [2.05, 4.69) is 20.3 Å². The molecule has 12 heteroatoms. The van der Waals surface area contributed by atoms with Crippen LogP contribution < -0.4 is 5.32 Å². The van der Waals surface area contributed by atoms with Crippen LogP contribution in [0.1, 0.15) is 54.8 Å². The predicted molar refractivity (Wildman–Crippen MR) is 143 cm³/mol. The Morgan fingerprint density at radius 3 is 2.60 bits per heavy atom. The summed E-state index contributed by atoms with van der Waals surface area (Å²) in [5.74, 6) is -0.865. The van der Waals surface area contributed by atoms with Gasteiger partial charge in [0.15, 0.2) is 0 Å². The number of alkyl halides is 3. The largest absolute Gasteiger partial charge is 0.433 e. The molecule has 2 aromatic heterocycles. The first-order valence-corrected chi connectivity index (χ1v) is 13.8. The van der Waals surface area contributed by atoms with Gasteiger partial charge in [0, 0.05) is 35.1 Å². The van der Waals surface area contributed by atoms with Crippen LogP contribution in [0.2, 0.25) is 5.02 Å². The molecule has 214 valence electrons. The molecule has 0 radical (unpaired) electrons. The molecule has 4 heterocycles. The molecular formula is C28H31ClF3N5O3. The third-order valence-electron chi connectivity index (χ3n) is 8.90. The third kappa shape index (κ3) is 4.87. The van der Waals surface area contributed by atoms with Crippen molar-refractivity contribution in [1.29, 1.82) is 0 Å². The van der Waals surface area contributed by atoms with Crippen LogP contribution >= 0.6 is 11.6 Å². The highest BCUT2D eigenvalue weighted by Crippen LogP contribution is 2.51. The lowest BCUT2D eigenvalue weighted by Gasteiger charge is -2.43. The van der Waals surface area contributed by atoms with Gasteiger partial charge in [0.1, 0.15) is 11.5 Å². The number of benzene rings is 1. The lowest BCUT2D eigenvalue weighted by atomic mass is 9.85. The van der Waals surface area contributed by atoms with Crippen LogP contribution in [-0.4, -0.2) is 68.6 Å². The molecule has 1 saturated carbocycles. The Hall–Kier alpha value is -2.73. The summed E-state index contributed by atoms with van der Waals surface area (Å²) in [6, 6.07) is 5.69. The second-order valence-corrected chi connectivity index (χ2v) is 11.9. The first-order valence-electron chi connectivity index (χ1n) is 13.5. The number of nitrogens with one attached hydrogen (secondary N) is 1. The number of fused-ring (bicyclic) bond motifs is 1. The number of hydrogen-bond acceptors (Lipinski definition) is 6. The first-order chi connectivity index (χ1) is 19.0. The number of nitrogens with zero attached hydrogens (tertiary/aromatic N) is 4. The summed E-state index contributed by atoms with van der Waals surface area (Å²) in [6.45, 7) is 4.57. The molecule has 2 saturated heterocycles. The molecule has 3 aromatic rings. The van der Waals surface area contributed by atoms with Gasteiger partial charge in [-0.05, 0) is 80.3 Å². The van der Waals surface area contributed by atoms with Gasteiger partial charge in [-0.3, -0.25) is 14.4 Å². The van der Waals surface area contributed by atoms with E-state index in [1.165, 1.54) is 13.2 Å². The van der Waals surface area contributed by atoms with Crippen molar-refractivity contribution in [2.24, 2.45) is 13.0 Å². The molecule has 1 amide bonds. The van der Waals surface area contributed by atoms with Crippen molar-refractivity contribution in [3.8, 4) is 0 Å². The number of amides is 1. The number of aliphatic hydroxyl groups excluding tert-OH is 1. The maximum absolute atomic E-state index is 13.5.